The van der Waals surface area contributed by atoms with Gasteiger partial charge in [-0.05, 0) is 43.4 Å². The Hall–Kier alpha value is -1.62. The number of methoxy groups -OCH3 is 1. The van der Waals surface area contributed by atoms with Crippen LogP contribution in [0.1, 0.15) is 29.6 Å². The maximum Gasteiger partial charge on any atom is 0.258 e. The Kier molecular flexibility index (Phi) is 4.04. The third kappa shape index (κ3) is 3.04. The molecule has 1 fully saturated rings. The van der Waals surface area contributed by atoms with Gasteiger partial charge in [0.1, 0.15) is 17.1 Å². The van der Waals surface area contributed by atoms with Crippen molar-refractivity contribution in [3.05, 3.63) is 29.6 Å². The van der Waals surface area contributed by atoms with Crippen LogP contribution >= 0.6 is 0 Å². The van der Waals surface area contributed by atoms with Gasteiger partial charge in [-0.2, -0.15) is 0 Å². The van der Waals surface area contributed by atoms with Gasteiger partial charge in [0.15, 0.2) is 0 Å². The normalized spacial score (nSPS) is 15.9. The van der Waals surface area contributed by atoms with Crippen LogP contribution < -0.4 is 15.8 Å². The zero-order chi connectivity index (χ0) is 13.9. The number of benzene rings is 1. The van der Waals surface area contributed by atoms with E-state index in [1.54, 1.807) is 6.07 Å². The first-order chi connectivity index (χ1) is 9.12. The Labute approximate surface area is 112 Å². The zero-order valence-electron chi connectivity index (χ0n) is 11.0. The summed E-state index contributed by atoms with van der Waals surface area (Å²) in [6, 6.07) is 4.34. The lowest BCUT2D eigenvalue weighted by Gasteiger charge is -2.16. The summed E-state index contributed by atoms with van der Waals surface area (Å²) in [4.78, 5) is 12.1. The molecule has 0 radical (unpaired) electrons. The molecule has 2 rings (SSSR count). The Morgan fingerprint density at radius 3 is 2.84 bits per heavy atom. The third-order valence-electron chi connectivity index (χ3n) is 3.68. The summed E-state index contributed by atoms with van der Waals surface area (Å²) in [5.41, 5.74) is 5.64. The topological polar surface area (TPSA) is 64.3 Å². The molecule has 19 heavy (non-hydrogen) atoms. The van der Waals surface area contributed by atoms with Gasteiger partial charge >= 0.3 is 0 Å². The predicted molar refractivity (Wildman–Crippen MR) is 70.6 cm³/mol. The predicted octanol–water partition coefficient (Wildman–Crippen LogP) is 1.69. The molecule has 1 aliphatic rings. The second-order valence-corrected chi connectivity index (χ2v) is 5.04. The molecule has 0 heterocycles. The molecule has 1 aromatic carbocycles. The van der Waals surface area contributed by atoms with Gasteiger partial charge in [-0.15, -0.1) is 0 Å². The molecule has 0 bridgehead atoms. The van der Waals surface area contributed by atoms with Crippen molar-refractivity contribution >= 4 is 5.91 Å². The highest BCUT2D eigenvalue weighted by Crippen LogP contribution is 2.47. The molecule has 4 nitrogen and oxygen atoms in total. The van der Waals surface area contributed by atoms with Gasteiger partial charge in [0, 0.05) is 6.54 Å². The number of nitrogens with two attached hydrogens (primary N) is 1. The molecule has 1 amide bonds. The van der Waals surface area contributed by atoms with Gasteiger partial charge < -0.3 is 15.8 Å². The molecule has 0 atom stereocenters. The monoisotopic (exact) mass is 266 g/mol. The Balaban J connectivity index is 2.04. The third-order valence-corrected chi connectivity index (χ3v) is 3.68. The lowest BCUT2D eigenvalue weighted by atomic mass is 10.0. The van der Waals surface area contributed by atoms with Crippen molar-refractivity contribution in [1.29, 1.82) is 0 Å². The minimum atomic E-state index is -0.569. The van der Waals surface area contributed by atoms with Crippen molar-refractivity contribution < 1.29 is 13.9 Å². The molecular weight excluding hydrogens is 247 g/mol. The molecule has 104 valence electrons. The fourth-order valence-corrected chi connectivity index (χ4v) is 2.25. The van der Waals surface area contributed by atoms with E-state index in [9.17, 15) is 9.18 Å². The molecule has 5 heteroatoms. The van der Waals surface area contributed by atoms with E-state index in [0.717, 1.165) is 19.3 Å². The fraction of sp³-hybridized carbons (Fsp3) is 0.500. The summed E-state index contributed by atoms with van der Waals surface area (Å²) in [6.07, 6.45) is 3.03. The first kappa shape index (κ1) is 13.8. The van der Waals surface area contributed by atoms with Crippen molar-refractivity contribution in [3.8, 4) is 5.75 Å². The van der Waals surface area contributed by atoms with Gasteiger partial charge in [-0.3, -0.25) is 4.79 Å². The summed E-state index contributed by atoms with van der Waals surface area (Å²) in [5.74, 6) is -0.750. The van der Waals surface area contributed by atoms with Crippen molar-refractivity contribution in [3.63, 3.8) is 0 Å². The smallest absolute Gasteiger partial charge is 0.258 e. The minimum absolute atomic E-state index is 0.0338. The van der Waals surface area contributed by atoms with Crippen LogP contribution in [0.25, 0.3) is 0 Å². The SMILES string of the molecule is COc1cccc(F)c1C(=O)NCC1(CCN)CC1. The number of amides is 1. The number of halogens is 1. The standard InChI is InChI=1S/C14H19FN2O2/c1-19-11-4-2-3-10(15)12(11)13(18)17-9-14(5-6-14)7-8-16/h2-4H,5-9,16H2,1H3,(H,17,18). The van der Waals surface area contributed by atoms with Gasteiger partial charge in [0.2, 0.25) is 0 Å². The Morgan fingerprint density at radius 2 is 2.26 bits per heavy atom. The van der Waals surface area contributed by atoms with E-state index in [-0.39, 0.29) is 16.7 Å². The first-order valence-electron chi connectivity index (χ1n) is 6.43. The lowest BCUT2D eigenvalue weighted by molar-refractivity contribution is 0.0936. The van der Waals surface area contributed by atoms with E-state index in [0.29, 0.717) is 13.1 Å². The van der Waals surface area contributed by atoms with E-state index >= 15 is 0 Å². The van der Waals surface area contributed by atoms with Crippen LogP contribution in [0.15, 0.2) is 18.2 Å². The van der Waals surface area contributed by atoms with Crippen LogP contribution in [0.3, 0.4) is 0 Å². The summed E-state index contributed by atoms with van der Waals surface area (Å²) < 4.78 is 18.7. The molecule has 1 aliphatic carbocycles. The average molecular weight is 266 g/mol. The van der Waals surface area contributed by atoms with Crippen LogP contribution in [0.5, 0.6) is 5.75 Å². The van der Waals surface area contributed by atoms with E-state index in [4.69, 9.17) is 10.5 Å². The molecule has 0 aromatic heterocycles. The molecule has 0 spiro atoms. The molecule has 1 aromatic rings. The average Bonchev–Trinajstić information content (AvgIpc) is 3.16. The highest BCUT2D eigenvalue weighted by atomic mass is 19.1. The maximum atomic E-state index is 13.7. The molecule has 0 aliphatic heterocycles. The summed E-state index contributed by atoms with van der Waals surface area (Å²) in [6.45, 7) is 1.15. The number of hydrogen-bond donors (Lipinski definition) is 2. The van der Waals surface area contributed by atoms with Gasteiger partial charge in [-0.25, -0.2) is 4.39 Å². The Morgan fingerprint density at radius 1 is 1.53 bits per heavy atom. The number of ether oxygens (including phenoxy) is 1. The largest absolute Gasteiger partial charge is 0.496 e. The maximum absolute atomic E-state index is 13.7. The molecular formula is C14H19FN2O2. The minimum Gasteiger partial charge on any atom is -0.496 e. The van der Waals surface area contributed by atoms with E-state index < -0.39 is 11.7 Å². The summed E-state index contributed by atoms with van der Waals surface area (Å²) >= 11 is 0. The zero-order valence-corrected chi connectivity index (χ0v) is 11.0. The van der Waals surface area contributed by atoms with Gasteiger partial charge in [0.25, 0.3) is 5.91 Å². The van der Waals surface area contributed by atoms with Crippen LogP contribution in [-0.4, -0.2) is 26.1 Å². The number of hydrogen-bond acceptors (Lipinski definition) is 3. The van der Waals surface area contributed by atoms with Crippen molar-refractivity contribution in [2.45, 2.75) is 19.3 Å². The van der Waals surface area contributed by atoms with Crippen LogP contribution in [-0.2, 0) is 0 Å². The highest BCUT2D eigenvalue weighted by molar-refractivity contribution is 5.97. The number of carbonyl (C=O) groups excluding carboxylic acids is 1. The van der Waals surface area contributed by atoms with Crippen LogP contribution in [0.2, 0.25) is 0 Å². The fourth-order valence-electron chi connectivity index (χ4n) is 2.25. The van der Waals surface area contributed by atoms with Gasteiger partial charge in [0.05, 0.1) is 7.11 Å². The number of rotatable bonds is 6. The van der Waals surface area contributed by atoms with Crippen molar-refractivity contribution in [2.75, 3.05) is 20.2 Å². The van der Waals surface area contributed by atoms with E-state index in [1.807, 2.05) is 0 Å². The van der Waals surface area contributed by atoms with Crippen molar-refractivity contribution in [1.82, 2.24) is 5.32 Å². The van der Waals surface area contributed by atoms with E-state index in [1.165, 1.54) is 19.2 Å². The van der Waals surface area contributed by atoms with Crippen LogP contribution in [0, 0.1) is 11.2 Å². The van der Waals surface area contributed by atoms with E-state index in [2.05, 4.69) is 5.32 Å². The Bertz CT molecular complexity index is 473. The lowest BCUT2D eigenvalue weighted by Crippen LogP contribution is -2.32. The number of carbonyl (C=O) groups is 1. The highest BCUT2D eigenvalue weighted by Gasteiger charge is 2.41. The second-order valence-electron chi connectivity index (χ2n) is 5.04. The number of nitrogens with one attached hydrogen (secondary N) is 1. The summed E-state index contributed by atoms with van der Waals surface area (Å²) in [7, 11) is 1.42. The molecule has 0 saturated heterocycles. The first-order valence-corrected chi connectivity index (χ1v) is 6.43. The van der Waals surface area contributed by atoms with Crippen LogP contribution in [0.4, 0.5) is 4.39 Å². The molecule has 0 unspecified atom stereocenters. The molecule has 3 N–H and O–H groups in total. The van der Waals surface area contributed by atoms with Gasteiger partial charge in [-0.1, -0.05) is 6.07 Å². The van der Waals surface area contributed by atoms with Crippen molar-refractivity contribution in [2.24, 2.45) is 11.1 Å². The molecule has 1 saturated carbocycles. The summed E-state index contributed by atoms with van der Waals surface area (Å²) in [5, 5.41) is 2.79. The quantitative estimate of drug-likeness (QED) is 0.823. The second kappa shape index (κ2) is 5.57.